The summed E-state index contributed by atoms with van der Waals surface area (Å²) >= 11 is 0. The Kier molecular flexibility index (Phi) is 5.00. The Hall–Kier alpha value is -2.96. The Bertz CT molecular complexity index is 1040. The maximum absolute atomic E-state index is 13.4. The van der Waals surface area contributed by atoms with Crippen molar-refractivity contribution in [2.45, 2.75) is 52.2 Å². The van der Waals surface area contributed by atoms with Crippen LogP contribution in [0.2, 0.25) is 0 Å². The first-order valence-electron chi connectivity index (χ1n) is 10.2. The Morgan fingerprint density at radius 2 is 2.07 bits per heavy atom. The average Bonchev–Trinajstić information content (AvgIpc) is 2.68. The first-order chi connectivity index (χ1) is 14.2. The second-order valence-corrected chi connectivity index (χ2v) is 8.66. The zero-order valence-electron chi connectivity index (χ0n) is 17.5. The summed E-state index contributed by atoms with van der Waals surface area (Å²) in [5.74, 6) is -0.435. The summed E-state index contributed by atoms with van der Waals surface area (Å²) < 4.78 is 17.4. The van der Waals surface area contributed by atoms with E-state index < -0.39 is 29.2 Å². The van der Waals surface area contributed by atoms with Gasteiger partial charge in [-0.1, -0.05) is 13.8 Å². The topological polar surface area (TPSA) is 95.7 Å². The molecule has 1 aliphatic carbocycles. The molecule has 4 atom stereocenters. The molecule has 1 fully saturated rings. The number of hydrogen-bond donors (Lipinski definition) is 0. The number of ether oxygens (including phenoxy) is 2. The number of Topliss-reactive ketones (excluding diaryl/α,β-unsaturated/α-hetero) is 1. The van der Waals surface area contributed by atoms with Gasteiger partial charge in [0.25, 0.3) is 0 Å². The molecule has 7 nitrogen and oxygen atoms in total. The maximum atomic E-state index is 13.4. The van der Waals surface area contributed by atoms with Crippen molar-refractivity contribution in [3.8, 4) is 17.1 Å². The third-order valence-corrected chi connectivity index (χ3v) is 6.39. The minimum atomic E-state index is -1.05. The lowest BCUT2D eigenvalue weighted by Gasteiger charge is -2.50. The number of fused-ring (bicyclic) bond motifs is 2. The molecular weight excluding hydrogens is 386 g/mol. The van der Waals surface area contributed by atoms with Crippen molar-refractivity contribution in [2.24, 2.45) is 17.8 Å². The fraction of sp³-hybridized carbons (Fsp3) is 0.478. The number of pyridine rings is 1. The first kappa shape index (κ1) is 20.3. The van der Waals surface area contributed by atoms with Crippen molar-refractivity contribution in [3.05, 3.63) is 46.6 Å². The number of rotatable bonds is 3. The highest BCUT2D eigenvalue weighted by atomic mass is 16.6. The Morgan fingerprint density at radius 3 is 2.70 bits per heavy atom. The molecule has 0 aromatic carbocycles. The summed E-state index contributed by atoms with van der Waals surface area (Å²) in [6.07, 6.45) is 3.75. The predicted octanol–water partition coefficient (Wildman–Crippen LogP) is 3.65. The van der Waals surface area contributed by atoms with Gasteiger partial charge in [0, 0.05) is 30.9 Å². The van der Waals surface area contributed by atoms with Gasteiger partial charge in [0.2, 0.25) is 0 Å². The quantitative estimate of drug-likeness (QED) is 0.711. The van der Waals surface area contributed by atoms with Crippen molar-refractivity contribution in [1.29, 1.82) is 0 Å². The van der Waals surface area contributed by atoms with E-state index in [0.29, 0.717) is 24.3 Å². The van der Waals surface area contributed by atoms with E-state index >= 15 is 0 Å². The van der Waals surface area contributed by atoms with Crippen LogP contribution in [0.25, 0.3) is 11.3 Å². The van der Waals surface area contributed by atoms with Crippen LogP contribution in [0.4, 0.5) is 0 Å². The smallest absolute Gasteiger partial charge is 0.351 e. The van der Waals surface area contributed by atoms with Crippen molar-refractivity contribution in [1.82, 2.24) is 4.98 Å². The Morgan fingerprint density at radius 1 is 1.30 bits per heavy atom. The highest BCUT2D eigenvalue weighted by molar-refractivity contribution is 6.02. The van der Waals surface area contributed by atoms with Gasteiger partial charge in [-0.25, -0.2) is 4.79 Å². The van der Waals surface area contributed by atoms with Crippen LogP contribution in [0.15, 0.2) is 39.8 Å². The highest BCUT2D eigenvalue weighted by Crippen LogP contribution is 2.49. The molecule has 0 bridgehead atoms. The number of carbonyl (C=O) groups excluding carboxylic acids is 2. The predicted molar refractivity (Wildman–Crippen MR) is 108 cm³/mol. The fourth-order valence-electron chi connectivity index (χ4n) is 4.62. The van der Waals surface area contributed by atoms with E-state index in [9.17, 15) is 14.4 Å². The van der Waals surface area contributed by atoms with Gasteiger partial charge < -0.3 is 13.9 Å². The van der Waals surface area contributed by atoms with E-state index in [0.717, 1.165) is 0 Å². The normalized spacial score (nSPS) is 27.8. The minimum Gasteiger partial charge on any atom is -0.482 e. The van der Waals surface area contributed by atoms with Crippen LogP contribution in [0.3, 0.4) is 0 Å². The van der Waals surface area contributed by atoms with Gasteiger partial charge in [0.05, 0.1) is 5.92 Å². The third kappa shape index (κ3) is 3.32. The van der Waals surface area contributed by atoms with E-state index in [1.807, 2.05) is 0 Å². The van der Waals surface area contributed by atoms with E-state index in [2.05, 4.69) is 18.8 Å². The van der Waals surface area contributed by atoms with E-state index in [1.54, 1.807) is 37.5 Å². The van der Waals surface area contributed by atoms with Crippen LogP contribution < -0.4 is 10.4 Å². The van der Waals surface area contributed by atoms with Gasteiger partial charge in [-0.3, -0.25) is 14.6 Å². The molecule has 0 amide bonds. The molecule has 158 valence electrons. The van der Waals surface area contributed by atoms with Gasteiger partial charge in [-0.15, -0.1) is 0 Å². The molecule has 1 aliphatic heterocycles. The van der Waals surface area contributed by atoms with Crippen LogP contribution in [-0.2, 0) is 9.53 Å². The standard InChI is InChI=1S/C23H25NO6/c1-12(2)15-8-16-21(26)20-18(30-23(16,4)19(9-15)28-13(3)25)10-17(29-22(20)27)14-6-5-7-24-11-14/h5-7,10-12,15-16,19H,8-9H2,1-4H3/t15-,16?,19-,23-/m0/s1. The molecule has 1 unspecified atom stereocenters. The zero-order valence-corrected chi connectivity index (χ0v) is 17.5. The maximum Gasteiger partial charge on any atom is 0.351 e. The molecule has 0 spiro atoms. The van der Waals surface area contributed by atoms with Gasteiger partial charge in [0.1, 0.15) is 23.2 Å². The second-order valence-electron chi connectivity index (χ2n) is 8.66. The van der Waals surface area contributed by atoms with Gasteiger partial charge in [-0.05, 0) is 43.7 Å². The Balaban J connectivity index is 1.82. The van der Waals surface area contributed by atoms with Crippen LogP contribution >= 0.6 is 0 Å². The van der Waals surface area contributed by atoms with Crippen LogP contribution in [0, 0.1) is 17.8 Å². The summed E-state index contributed by atoms with van der Waals surface area (Å²) in [5, 5.41) is 0. The number of aromatic nitrogens is 1. The molecule has 0 radical (unpaired) electrons. The molecule has 30 heavy (non-hydrogen) atoms. The summed E-state index contributed by atoms with van der Waals surface area (Å²) in [6, 6.07) is 5.02. The van der Waals surface area contributed by atoms with E-state index in [4.69, 9.17) is 13.9 Å². The van der Waals surface area contributed by atoms with Crippen LogP contribution in [-0.4, -0.2) is 28.4 Å². The van der Waals surface area contributed by atoms with Gasteiger partial charge in [0.15, 0.2) is 11.4 Å². The fourth-order valence-corrected chi connectivity index (χ4v) is 4.62. The van der Waals surface area contributed by atoms with Crippen LogP contribution in [0.1, 0.15) is 50.9 Å². The SMILES string of the molecule is CC(=O)O[C@H]1C[C@@H](C(C)C)CC2C(=O)c3c(cc(-c4cccnc4)oc3=O)O[C@@]21C. The van der Waals surface area contributed by atoms with Crippen molar-refractivity contribution >= 4 is 11.8 Å². The van der Waals surface area contributed by atoms with Gasteiger partial charge in [-0.2, -0.15) is 0 Å². The minimum absolute atomic E-state index is 0.0731. The monoisotopic (exact) mass is 411 g/mol. The van der Waals surface area contributed by atoms with Crippen molar-refractivity contribution in [3.63, 3.8) is 0 Å². The molecule has 3 heterocycles. The molecule has 0 saturated heterocycles. The van der Waals surface area contributed by atoms with E-state index in [-0.39, 0.29) is 28.8 Å². The third-order valence-electron chi connectivity index (χ3n) is 6.39. The number of hydrogen-bond acceptors (Lipinski definition) is 7. The molecule has 1 saturated carbocycles. The van der Waals surface area contributed by atoms with E-state index in [1.165, 1.54) is 6.92 Å². The highest BCUT2D eigenvalue weighted by Gasteiger charge is 2.57. The molecule has 2 aliphatic rings. The summed E-state index contributed by atoms with van der Waals surface area (Å²) in [5.41, 5.74) is -1.26. The second kappa shape index (κ2) is 7.38. The molecule has 2 aromatic rings. The van der Waals surface area contributed by atoms with Crippen molar-refractivity contribution < 1.29 is 23.5 Å². The van der Waals surface area contributed by atoms with Gasteiger partial charge >= 0.3 is 11.6 Å². The summed E-state index contributed by atoms with van der Waals surface area (Å²) in [6.45, 7) is 7.30. The molecule has 7 heteroatoms. The number of nitrogens with zero attached hydrogens (tertiary/aromatic N) is 1. The first-order valence-corrected chi connectivity index (χ1v) is 10.2. The lowest BCUT2D eigenvalue weighted by Crippen LogP contribution is -2.62. The molecule has 0 N–H and O–H groups in total. The average molecular weight is 411 g/mol. The summed E-state index contributed by atoms with van der Waals surface area (Å²) in [7, 11) is 0. The molecular formula is C23H25NO6. The van der Waals surface area contributed by atoms with Crippen molar-refractivity contribution in [2.75, 3.05) is 0 Å². The number of carbonyl (C=O) groups is 2. The Labute approximate surface area is 174 Å². The largest absolute Gasteiger partial charge is 0.482 e. The number of ketones is 1. The zero-order chi connectivity index (χ0) is 21.6. The molecule has 4 rings (SSSR count). The lowest BCUT2D eigenvalue weighted by atomic mass is 9.64. The summed E-state index contributed by atoms with van der Waals surface area (Å²) in [4.78, 5) is 42.0. The molecule has 2 aromatic heterocycles. The number of esters is 1. The lowest BCUT2D eigenvalue weighted by molar-refractivity contribution is -0.173. The van der Waals surface area contributed by atoms with Crippen LogP contribution in [0.5, 0.6) is 5.75 Å².